The summed E-state index contributed by atoms with van der Waals surface area (Å²) in [5.74, 6) is 0. The minimum absolute atomic E-state index is 0.443. The maximum absolute atomic E-state index is 5.19. The predicted octanol–water partition coefficient (Wildman–Crippen LogP) is 3.42. The van der Waals surface area contributed by atoms with Crippen LogP contribution in [0, 0.1) is 0 Å². The normalized spacial score (nSPS) is 13.1. The van der Waals surface area contributed by atoms with Gasteiger partial charge in [0.15, 0.2) is 0 Å². The van der Waals surface area contributed by atoms with Gasteiger partial charge in [0.25, 0.3) is 0 Å². The molecule has 0 amide bonds. The molecule has 0 fully saturated rings. The highest BCUT2D eigenvalue weighted by Gasteiger charge is 2.07. The van der Waals surface area contributed by atoms with Crippen LogP contribution in [0.25, 0.3) is 10.1 Å². The Kier molecular flexibility index (Phi) is 4.54. The zero-order valence-corrected chi connectivity index (χ0v) is 11.2. The summed E-state index contributed by atoms with van der Waals surface area (Å²) in [6.45, 7) is 3.88. The number of methoxy groups -OCH3 is 1. The summed E-state index contributed by atoms with van der Waals surface area (Å²) in [5.41, 5.74) is 1.39. The molecule has 0 spiro atoms. The van der Waals surface area contributed by atoms with E-state index in [1.54, 1.807) is 7.11 Å². The van der Waals surface area contributed by atoms with Gasteiger partial charge in [-0.1, -0.05) is 25.1 Å². The van der Waals surface area contributed by atoms with Gasteiger partial charge in [-0.3, -0.25) is 0 Å². The average Bonchev–Trinajstić information content (AvgIpc) is 2.78. The van der Waals surface area contributed by atoms with Gasteiger partial charge in [-0.25, -0.2) is 0 Å². The molecule has 1 aromatic carbocycles. The van der Waals surface area contributed by atoms with Crippen molar-refractivity contribution in [2.24, 2.45) is 0 Å². The fourth-order valence-electron chi connectivity index (χ4n) is 1.95. The number of fused-ring (bicyclic) bond motifs is 1. The zero-order chi connectivity index (χ0) is 12.1. The summed E-state index contributed by atoms with van der Waals surface area (Å²) < 4.78 is 6.56. The quantitative estimate of drug-likeness (QED) is 0.847. The van der Waals surface area contributed by atoms with Gasteiger partial charge < -0.3 is 10.1 Å². The molecule has 3 heteroatoms. The van der Waals surface area contributed by atoms with Crippen LogP contribution < -0.4 is 5.32 Å². The second-order valence-electron chi connectivity index (χ2n) is 4.20. The lowest BCUT2D eigenvalue weighted by Gasteiger charge is -2.15. The number of nitrogens with one attached hydrogen (secondary N) is 1. The highest BCUT2D eigenvalue weighted by atomic mass is 32.1. The summed E-state index contributed by atoms with van der Waals surface area (Å²) in [6.07, 6.45) is 1.09. The fraction of sp³-hybridized carbons (Fsp3) is 0.429. The summed E-state index contributed by atoms with van der Waals surface area (Å²) in [4.78, 5) is 0. The third kappa shape index (κ3) is 3.06. The summed E-state index contributed by atoms with van der Waals surface area (Å²) in [7, 11) is 1.75. The first-order valence-electron chi connectivity index (χ1n) is 6.02. The second kappa shape index (κ2) is 6.15. The van der Waals surface area contributed by atoms with Crippen molar-refractivity contribution >= 4 is 21.4 Å². The third-order valence-electron chi connectivity index (χ3n) is 3.00. The molecule has 1 aromatic heterocycles. The van der Waals surface area contributed by atoms with Crippen LogP contribution in [-0.4, -0.2) is 19.8 Å². The number of thiophene rings is 1. The van der Waals surface area contributed by atoms with Gasteiger partial charge in [0, 0.05) is 24.4 Å². The smallest absolute Gasteiger partial charge is 0.0615 e. The summed E-state index contributed by atoms with van der Waals surface area (Å²) in [5, 5.41) is 7.17. The number of rotatable bonds is 6. The average molecular weight is 249 g/mol. The topological polar surface area (TPSA) is 21.3 Å². The van der Waals surface area contributed by atoms with E-state index in [2.05, 4.69) is 41.9 Å². The van der Waals surface area contributed by atoms with Crippen LogP contribution in [0.1, 0.15) is 18.9 Å². The van der Waals surface area contributed by atoms with E-state index >= 15 is 0 Å². The Hall–Kier alpha value is -0.900. The lowest BCUT2D eigenvalue weighted by Crippen LogP contribution is -2.31. The first-order chi connectivity index (χ1) is 8.35. The highest BCUT2D eigenvalue weighted by molar-refractivity contribution is 7.17. The molecular weight excluding hydrogens is 230 g/mol. The van der Waals surface area contributed by atoms with Crippen molar-refractivity contribution in [3.05, 3.63) is 35.2 Å². The Morgan fingerprint density at radius 1 is 1.35 bits per heavy atom. The van der Waals surface area contributed by atoms with Crippen LogP contribution in [0.3, 0.4) is 0 Å². The summed E-state index contributed by atoms with van der Waals surface area (Å²) in [6, 6.07) is 9.01. The maximum atomic E-state index is 5.19. The van der Waals surface area contributed by atoms with Gasteiger partial charge in [-0.05, 0) is 28.8 Å². The van der Waals surface area contributed by atoms with Gasteiger partial charge in [0.2, 0.25) is 0 Å². The maximum Gasteiger partial charge on any atom is 0.0615 e. The molecule has 0 saturated heterocycles. The molecule has 0 aliphatic heterocycles. The number of hydrogen-bond acceptors (Lipinski definition) is 3. The van der Waals surface area contributed by atoms with Gasteiger partial charge in [0.1, 0.15) is 0 Å². The molecule has 2 nitrogen and oxygen atoms in total. The molecule has 0 saturated carbocycles. The summed E-state index contributed by atoms with van der Waals surface area (Å²) >= 11 is 1.82. The van der Waals surface area contributed by atoms with E-state index in [0.29, 0.717) is 6.04 Å². The van der Waals surface area contributed by atoms with Crippen LogP contribution in [0.5, 0.6) is 0 Å². The van der Waals surface area contributed by atoms with Crippen molar-refractivity contribution in [1.29, 1.82) is 0 Å². The number of hydrogen-bond donors (Lipinski definition) is 1. The van der Waals surface area contributed by atoms with Crippen molar-refractivity contribution in [2.75, 3.05) is 13.7 Å². The highest BCUT2D eigenvalue weighted by Crippen LogP contribution is 2.25. The Bertz CT molecular complexity index is 466. The van der Waals surface area contributed by atoms with Crippen molar-refractivity contribution in [2.45, 2.75) is 25.9 Å². The predicted molar refractivity (Wildman–Crippen MR) is 74.6 cm³/mol. The molecule has 1 N–H and O–H groups in total. The van der Waals surface area contributed by atoms with E-state index in [9.17, 15) is 0 Å². The molecule has 0 aliphatic carbocycles. The Labute approximate surface area is 107 Å². The van der Waals surface area contributed by atoms with E-state index < -0.39 is 0 Å². The molecule has 0 aliphatic rings. The van der Waals surface area contributed by atoms with E-state index in [1.807, 2.05) is 11.3 Å². The number of benzene rings is 1. The third-order valence-corrected chi connectivity index (χ3v) is 4.02. The minimum atomic E-state index is 0.443. The van der Waals surface area contributed by atoms with Crippen molar-refractivity contribution in [1.82, 2.24) is 5.32 Å². The van der Waals surface area contributed by atoms with Gasteiger partial charge in [0.05, 0.1) is 6.61 Å². The number of ether oxygens (including phenoxy) is 1. The SMILES string of the molecule is CCC(COC)NCc1csc2ccccc12. The van der Waals surface area contributed by atoms with Crippen molar-refractivity contribution < 1.29 is 4.74 Å². The Morgan fingerprint density at radius 3 is 2.94 bits per heavy atom. The lowest BCUT2D eigenvalue weighted by molar-refractivity contribution is 0.164. The van der Waals surface area contributed by atoms with Gasteiger partial charge in [-0.2, -0.15) is 0 Å². The molecule has 1 unspecified atom stereocenters. The Morgan fingerprint density at radius 2 is 2.18 bits per heavy atom. The molecule has 0 radical (unpaired) electrons. The molecule has 2 rings (SSSR count). The monoisotopic (exact) mass is 249 g/mol. The fourth-order valence-corrected chi connectivity index (χ4v) is 2.91. The first-order valence-corrected chi connectivity index (χ1v) is 6.90. The van der Waals surface area contributed by atoms with Crippen molar-refractivity contribution in [3.63, 3.8) is 0 Å². The van der Waals surface area contributed by atoms with Crippen LogP contribution in [0.4, 0.5) is 0 Å². The molecule has 1 heterocycles. The molecule has 2 aromatic rings. The molecular formula is C14H19NOS. The standard InChI is InChI=1S/C14H19NOS/c1-3-12(9-16-2)15-8-11-10-17-14-7-5-4-6-13(11)14/h4-7,10,12,15H,3,8-9H2,1-2H3. The van der Waals surface area contributed by atoms with E-state index in [1.165, 1.54) is 15.6 Å². The van der Waals surface area contributed by atoms with Crippen LogP contribution >= 0.6 is 11.3 Å². The van der Waals surface area contributed by atoms with Crippen LogP contribution in [-0.2, 0) is 11.3 Å². The van der Waals surface area contributed by atoms with E-state index in [4.69, 9.17) is 4.74 Å². The van der Waals surface area contributed by atoms with E-state index in [0.717, 1.165) is 19.6 Å². The molecule has 17 heavy (non-hydrogen) atoms. The lowest BCUT2D eigenvalue weighted by atomic mass is 10.1. The molecule has 0 bridgehead atoms. The second-order valence-corrected chi connectivity index (χ2v) is 5.11. The Balaban J connectivity index is 2.03. The molecule has 1 atom stereocenters. The van der Waals surface area contributed by atoms with E-state index in [-0.39, 0.29) is 0 Å². The van der Waals surface area contributed by atoms with Crippen molar-refractivity contribution in [3.8, 4) is 0 Å². The van der Waals surface area contributed by atoms with Gasteiger partial charge in [-0.15, -0.1) is 11.3 Å². The van der Waals surface area contributed by atoms with Crippen LogP contribution in [0.15, 0.2) is 29.6 Å². The first kappa shape index (κ1) is 12.6. The van der Waals surface area contributed by atoms with Gasteiger partial charge >= 0.3 is 0 Å². The largest absolute Gasteiger partial charge is 0.383 e. The minimum Gasteiger partial charge on any atom is -0.383 e. The van der Waals surface area contributed by atoms with Crippen LogP contribution in [0.2, 0.25) is 0 Å². The zero-order valence-electron chi connectivity index (χ0n) is 10.4. The molecule has 92 valence electrons.